The van der Waals surface area contributed by atoms with Gasteiger partial charge >= 0.3 is 0 Å². The molecule has 1 amide bonds. The van der Waals surface area contributed by atoms with Gasteiger partial charge in [-0.1, -0.05) is 23.2 Å². The van der Waals surface area contributed by atoms with E-state index >= 15 is 0 Å². The third-order valence-electron chi connectivity index (χ3n) is 3.39. The van der Waals surface area contributed by atoms with Crippen LogP contribution >= 0.6 is 23.2 Å². The first-order chi connectivity index (χ1) is 9.04. The predicted octanol–water partition coefficient (Wildman–Crippen LogP) is 1.74. The summed E-state index contributed by atoms with van der Waals surface area (Å²) in [6, 6.07) is -0.0304. The van der Waals surface area contributed by atoms with Crippen LogP contribution in [0.1, 0.15) is 22.5 Å². The van der Waals surface area contributed by atoms with E-state index in [-0.39, 0.29) is 18.1 Å². The lowest BCUT2D eigenvalue weighted by molar-refractivity contribution is 0.0475. The topological polar surface area (TPSA) is 66.2 Å². The molecule has 2 rings (SSSR count). The summed E-state index contributed by atoms with van der Waals surface area (Å²) in [5.74, 6) is -0.256. The van der Waals surface area contributed by atoms with Gasteiger partial charge < -0.3 is 20.4 Å². The Bertz CT molecular complexity index is 476. The van der Waals surface area contributed by atoms with Crippen LogP contribution in [0.4, 0.5) is 0 Å². The van der Waals surface area contributed by atoms with Gasteiger partial charge in [-0.3, -0.25) is 4.79 Å². The summed E-state index contributed by atoms with van der Waals surface area (Å²) >= 11 is 12.0. The first kappa shape index (κ1) is 14.7. The Morgan fingerprint density at radius 2 is 2.21 bits per heavy atom. The second kappa shape index (κ2) is 6.13. The minimum absolute atomic E-state index is 0.0304. The molecule has 2 atom stereocenters. The molecule has 106 valence electrons. The number of aromatic nitrogens is 1. The summed E-state index contributed by atoms with van der Waals surface area (Å²) in [6.07, 6.45) is 0.776. The number of hydrogen-bond acceptors (Lipinski definition) is 3. The maximum Gasteiger partial charge on any atom is 0.269 e. The molecule has 19 heavy (non-hydrogen) atoms. The molecular formula is C12H17Cl2N3O2. The fraction of sp³-hybridized carbons (Fsp3) is 0.583. The zero-order valence-electron chi connectivity index (χ0n) is 10.8. The van der Waals surface area contributed by atoms with Crippen molar-refractivity contribution in [3.8, 4) is 0 Å². The van der Waals surface area contributed by atoms with Crippen LogP contribution in [0, 0.1) is 6.92 Å². The molecule has 1 fully saturated rings. The molecule has 1 aliphatic rings. The van der Waals surface area contributed by atoms with Gasteiger partial charge in [-0.25, -0.2) is 0 Å². The molecule has 1 aromatic rings. The maximum absolute atomic E-state index is 12.2. The molecule has 1 saturated heterocycles. The highest BCUT2D eigenvalue weighted by Gasteiger charge is 2.28. The van der Waals surface area contributed by atoms with Gasteiger partial charge in [0.2, 0.25) is 0 Å². The van der Waals surface area contributed by atoms with E-state index in [9.17, 15) is 4.79 Å². The van der Waals surface area contributed by atoms with E-state index in [4.69, 9.17) is 27.9 Å². The van der Waals surface area contributed by atoms with E-state index < -0.39 is 0 Å². The zero-order valence-corrected chi connectivity index (χ0v) is 12.4. The molecule has 2 heterocycles. The van der Waals surface area contributed by atoms with Crippen molar-refractivity contribution in [2.45, 2.75) is 25.5 Å². The first-order valence-electron chi connectivity index (χ1n) is 6.12. The van der Waals surface area contributed by atoms with Crippen molar-refractivity contribution in [2.75, 3.05) is 20.2 Å². The van der Waals surface area contributed by atoms with Crippen LogP contribution in [0.5, 0.6) is 0 Å². The summed E-state index contributed by atoms with van der Waals surface area (Å²) in [4.78, 5) is 15.0. The Morgan fingerprint density at radius 3 is 2.79 bits per heavy atom. The van der Waals surface area contributed by atoms with Crippen molar-refractivity contribution >= 4 is 29.1 Å². The average molecular weight is 306 g/mol. The molecule has 5 nitrogen and oxygen atoms in total. The summed E-state index contributed by atoms with van der Waals surface area (Å²) in [5.41, 5.74) is 0.986. The van der Waals surface area contributed by atoms with Crippen molar-refractivity contribution < 1.29 is 9.53 Å². The summed E-state index contributed by atoms with van der Waals surface area (Å²) in [6.45, 7) is 3.34. The van der Waals surface area contributed by atoms with E-state index in [0.717, 1.165) is 19.5 Å². The third kappa shape index (κ3) is 3.05. The molecule has 3 N–H and O–H groups in total. The van der Waals surface area contributed by atoms with Crippen LogP contribution in [0.3, 0.4) is 0 Å². The van der Waals surface area contributed by atoms with E-state index in [1.54, 1.807) is 14.0 Å². The van der Waals surface area contributed by atoms with Crippen LogP contribution in [0.2, 0.25) is 10.2 Å². The fourth-order valence-corrected chi connectivity index (χ4v) is 2.65. The van der Waals surface area contributed by atoms with Crippen LogP contribution in [0.15, 0.2) is 0 Å². The molecule has 7 heteroatoms. The number of carbonyl (C=O) groups excluding carboxylic acids is 1. The van der Waals surface area contributed by atoms with Crippen molar-refractivity contribution in [1.82, 2.24) is 15.6 Å². The highest BCUT2D eigenvalue weighted by Crippen LogP contribution is 2.27. The largest absolute Gasteiger partial charge is 0.378 e. The number of amides is 1. The van der Waals surface area contributed by atoms with Gasteiger partial charge in [0.25, 0.3) is 5.91 Å². The summed E-state index contributed by atoms with van der Waals surface area (Å²) < 4.78 is 5.35. The lowest BCUT2D eigenvalue weighted by Gasteiger charge is -2.31. The minimum atomic E-state index is -0.256. The standard InChI is InChI=1S/C12H17Cl2N3O2/c1-6-9(13)10(17-11(6)14)12(18)16-7-3-4-15-5-8(7)19-2/h7-8,15,17H,3-5H2,1-2H3,(H,16,18)/t7-,8-/m1/s1. The Labute approximate surface area is 122 Å². The molecule has 0 aromatic carbocycles. The average Bonchev–Trinajstić information content (AvgIpc) is 2.67. The quantitative estimate of drug-likeness (QED) is 0.797. The molecule has 1 aliphatic heterocycles. The van der Waals surface area contributed by atoms with Crippen molar-refractivity contribution in [3.05, 3.63) is 21.4 Å². The monoisotopic (exact) mass is 305 g/mol. The van der Waals surface area contributed by atoms with Crippen molar-refractivity contribution in [2.24, 2.45) is 0 Å². The van der Waals surface area contributed by atoms with Gasteiger partial charge in [0, 0.05) is 19.2 Å². The van der Waals surface area contributed by atoms with Gasteiger partial charge in [0.1, 0.15) is 10.8 Å². The summed E-state index contributed by atoms with van der Waals surface area (Å²) in [5, 5.41) is 6.92. The Morgan fingerprint density at radius 1 is 1.47 bits per heavy atom. The fourth-order valence-electron chi connectivity index (χ4n) is 2.18. The van der Waals surface area contributed by atoms with E-state index in [1.165, 1.54) is 0 Å². The van der Waals surface area contributed by atoms with Gasteiger partial charge in [0.15, 0.2) is 0 Å². The molecule has 0 spiro atoms. The Kier molecular flexibility index (Phi) is 4.73. The number of methoxy groups -OCH3 is 1. The van der Waals surface area contributed by atoms with E-state index in [0.29, 0.717) is 21.4 Å². The van der Waals surface area contributed by atoms with Crippen molar-refractivity contribution in [1.29, 1.82) is 0 Å². The number of halogens is 2. The van der Waals surface area contributed by atoms with Crippen LogP contribution in [0.25, 0.3) is 0 Å². The van der Waals surface area contributed by atoms with Crippen LogP contribution in [-0.2, 0) is 4.74 Å². The number of H-pyrrole nitrogens is 1. The van der Waals surface area contributed by atoms with Gasteiger partial charge in [-0.15, -0.1) is 0 Å². The number of piperidine rings is 1. The number of carbonyl (C=O) groups is 1. The lowest BCUT2D eigenvalue weighted by Crippen LogP contribution is -2.53. The van der Waals surface area contributed by atoms with Gasteiger partial charge in [-0.2, -0.15) is 0 Å². The van der Waals surface area contributed by atoms with E-state index in [1.807, 2.05) is 0 Å². The maximum atomic E-state index is 12.2. The zero-order chi connectivity index (χ0) is 14.0. The second-order valence-electron chi connectivity index (χ2n) is 4.60. The normalized spacial score (nSPS) is 23.4. The highest BCUT2D eigenvalue weighted by molar-refractivity contribution is 6.38. The first-order valence-corrected chi connectivity index (χ1v) is 6.88. The van der Waals surface area contributed by atoms with Crippen LogP contribution in [-0.4, -0.2) is 43.2 Å². The number of ether oxygens (including phenoxy) is 1. The lowest BCUT2D eigenvalue weighted by atomic mass is 10.0. The molecule has 0 saturated carbocycles. The number of aromatic amines is 1. The molecular weight excluding hydrogens is 289 g/mol. The Balaban J connectivity index is 2.09. The molecule has 0 aliphatic carbocycles. The highest BCUT2D eigenvalue weighted by atomic mass is 35.5. The number of rotatable bonds is 3. The molecule has 0 unspecified atom stereocenters. The molecule has 0 radical (unpaired) electrons. The van der Waals surface area contributed by atoms with E-state index in [2.05, 4.69) is 15.6 Å². The minimum Gasteiger partial charge on any atom is -0.378 e. The number of nitrogens with one attached hydrogen (secondary N) is 3. The summed E-state index contributed by atoms with van der Waals surface area (Å²) in [7, 11) is 1.64. The van der Waals surface area contributed by atoms with Gasteiger partial charge in [-0.05, 0) is 19.9 Å². The predicted molar refractivity (Wildman–Crippen MR) is 75.1 cm³/mol. The smallest absolute Gasteiger partial charge is 0.269 e. The number of hydrogen-bond donors (Lipinski definition) is 3. The van der Waals surface area contributed by atoms with Gasteiger partial charge in [0.05, 0.1) is 17.2 Å². The molecule has 0 bridgehead atoms. The van der Waals surface area contributed by atoms with Crippen LogP contribution < -0.4 is 10.6 Å². The SMILES string of the molecule is CO[C@@H]1CNCC[C@H]1NC(=O)c1[nH]c(Cl)c(C)c1Cl. The Hall–Kier alpha value is -0.750. The molecule has 1 aromatic heterocycles. The second-order valence-corrected chi connectivity index (χ2v) is 5.36. The van der Waals surface area contributed by atoms with Crippen molar-refractivity contribution in [3.63, 3.8) is 0 Å². The third-order valence-corrected chi connectivity index (χ3v) is 4.24.